The van der Waals surface area contributed by atoms with Crippen LogP contribution in [-0.4, -0.2) is 33.0 Å². The zero-order valence-corrected chi connectivity index (χ0v) is 23.7. The van der Waals surface area contributed by atoms with Gasteiger partial charge >= 0.3 is 6.09 Å². The molecule has 0 aliphatic carbocycles. The molecule has 0 spiro atoms. The number of carbonyl (C=O) groups excluding carboxylic acids is 2. The van der Waals surface area contributed by atoms with Crippen molar-refractivity contribution in [2.45, 2.75) is 38.5 Å². The highest BCUT2D eigenvalue weighted by Gasteiger charge is 2.40. The molecule has 44 heavy (non-hydrogen) atoms. The van der Waals surface area contributed by atoms with Gasteiger partial charge in [0, 0.05) is 12.2 Å². The fourth-order valence-electron chi connectivity index (χ4n) is 4.60. The normalized spacial score (nSPS) is 15.1. The highest BCUT2D eigenvalue weighted by Crippen LogP contribution is 2.22. The number of rotatable bonds is 13. The van der Waals surface area contributed by atoms with Crippen LogP contribution in [0, 0.1) is 0 Å². The van der Waals surface area contributed by atoms with E-state index < -0.39 is 12.2 Å². The first kappa shape index (κ1) is 28.5. The quantitative estimate of drug-likeness (QED) is 0.142. The summed E-state index contributed by atoms with van der Waals surface area (Å²) in [7, 11) is 0. The van der Waals surface area contributed by atoms with Gasteiger partial charge in [-0.05, 0) is 66.8 Å². The lowest BCUT2D eigenvalue weighted by Crippen LogP contribution is -2.31. The van der Waals surface area contributed by atoms with Gasteiger partial charge in [-0.1, -0.05) is 42.5 Å². The second-order valence-corrected chi connectivity index (χ2v) is 10.1. The summed E-state index contributed by atoms with van der Waals surface area (Å²) >= 11 is 0. The number of oxazole rings is 2. The number of aryl methyl sites for hydroxylation is 1. The molecule has 1 fully saturated rings. The lowest BCUT2D eigenvalue weighted by molar-refractivity contribution is -0.130. The van der Waals surface area contributed by atoms with Gasteiger partial charge in [0.15, 0.2) is 6.10 Å². The van der Waals surface area contributed by atoms with Crippen molar-refractivity contribution in [3.63, 3.8) is 0 Å². The first-order valence-corrected chi connectivity index (χ1v) is 14.2. The van der Waals surface area contributed by atoms with Crippen LogP contribution in [0.1, 0.15) is 52.9 Å². The summed E-state index contributed by atoms with van der Waals surface area (Å²) in [6.07, 6.45) is 12.0. The summed E-state index contributed by atoms with van der Waals surface area (Å²) in [5.41, 5.74) is 3.28. The van der Waals surface area contributed by atoms with Gasteiger partial charge in [-0.2, -0.15) is 0 Å². The number of imide groups is 1. The molecule has 0 radical (unpaired) electrons. The molecule has 10 nitrogen and oxygen atoms in total. The maximum absolute atomic E-state index is 12.9. The van der Waals surface area contributed by atoms with E-state index in [9.17, 15) is 9.59 Å². The van der Waals surface area contributed by atoms with E-state index in [0.717, 1.165) is 22.4 Å². The van der Waals surface area contributed by atoms with Crippen LogP contribution in [0.15, 0.2) is 98.8 Å². The molecule has 1 aliphatic heterocycles. The molecule has 1 saturated heterocycles. The van der Waals surface area contributed by atoms with Gasteiger partial charge in [-0.15, -0.1) is 0 Å². The predicted octanol–water partition coefficient (Wildman–Crippen LogP) is 7.05. The Hall–Kier alpha value is -5.64. The van der Waals surface area contributed by atoms with Crippen molar-refractivity contribution in [1.29, 1.82) is 0 Å². The molecular formula is C34H29N3O7. The number of furan rings is 1. The van der Waals surface area contributed by atoms with E-state index in [4.69, 9.17) is 22.7 Å². The Kier molecular flexibility index (Phi) is 8.77. The molecule has 2 aromatic carbocycles. The van der Waals surface area contributed by atoms with E-state index in [1.807, 2.05) is 66.7 Å². The van der Waals surface area contributed by atoms with Gasteiger partial charge in [0.2, 0.25) is 11.8 Å². The van der Waals surface area contributed by atoms with Crippen molar-refractivity contribution in [3.05, 3.63) is 126 Å². The van der Waals surface area contributed by atoms with E-state index in [2.05, 4.69) is 9.97 Å². The third kappa shape index (κ3) is 7.40. The van der Waals surface area contributed by atoms with Crippen LogP contribution in [-0.2, 0) is 29.1 Å². The number of ether oxygens (including phenoxy) is 2. The predicted molar refractivity (Wildman–Crippen MR) is 161 cm³/mol. The van der Waals surface area contributed by atoms with Crippen LogP contribution in [0.2, 0.25) is 0 Å². The van der Waals surface area contributed by atoms with E-state index >= 15 is 0 Å². The first-order chi connectivity index (χ1) is 21.6. The van der Waals surface area contributed by atoms with Crippen molar-refractivity contribution >= 4 is 36.3 Å². The largest absolute Gasteiger partial charge is 0.487 e. The lowest BCUT2D eigenvalue weighted by atomic mass is 10.1. The highest BCUT2D eigenvalue weighted by molar-refractivity contribution is 5.99. The summed E-state index contributed by atoms with van der Waals surface area (Å²) in [5, 5.41) is 0. The van der Waals surface area contributed by atoms with Gasteiger partial charge < -0.3 is 22.7 Å². The van der Waals surface area contributed by atoms with Crippen molar-refractivity contribution in [1.82, 2.24) is 14.9 Å². The number of hydrogen-bond acceptors (Lipinski definition) is 9. The Balaban J connectivity index is 0.926. The molecule has 5 aromatic rings. The molecule has 1 atom stereocenters. The second kappa shape index (κ2) is 13.6. The number of benzene rings is 2. The minimum Gasteiger partial charge on any atom is -0.487 e. The second-order valence-electron chi connectivity index (χ2n) is 10.1. The molecule has 10 heteroatoms. The zero-order chi connectivity index (χ0) is 30.1. The molecule has 6 rings (SSSR count). The number of nitrogens with zero attached hydrogens (tertiary/aromatic N) is 3. The van der Waals surface area contributed by atoms with E-state index in [-0.39, 0.29) is 19.1 Å². The molecule has 1 aliphatic rings. The molecule has 0 saturated carbocycles. The minimum absolute atomic E-state index is 0.0201. The maximum Gasteiger partial charge on any atom is 0.417 e. The SMILES string of the molecule is O=C1OC(CCCc2ccc(OCc3coc(C=Cc4ccccc4)n3)cc2)C(=O)N1Cc1coc(C=Cc2ccco2)n1. The number of amides is 2. The van der Waals surface area contributed by atoms with Crippen LogP contribution in [0.4, 0.5) is 4.79 Å². The van der Waals surface area contributed by atoms with Crippen molar-refractivity contribution in [3.8, 4) is 5.75 Å². The maximum atomic E-state index is 12.9. The first-order valence-electron chi connectivity index (χ1n) is 14.2. The van der Waals surface area contributed by atoms with Gasteiger partial charge in [0.1, 0.15) is 36.3 Å². The monoisotopic (exact) mass is 591 g/mol. The van der Waals surface area contributed by atoms with Gasteiger partial charge in [-0.25, -0.2) is 19.7 Å². The molecule has 0 bridgehead atoms. The Morgan fingerprint density at radius 1 is 0.795 bits per heavy atom. The van der Waals surface area contributed by atoms with Crippen LogP contribution < -0.4 is 4.74 Å². The van der Waals surface area contributed by atoms with Crippen LogP contribution in [0.3, 0.4) is 0 Å². The standard InChI is InChI=1S/C34H29N3O7/c38-33-30(44-34(39)37(33)20-26-21-42-32(35-26)18-16-28-9-5-19-40-28)10-4-8-25-11-14-29(15-12-25)41-22-27-23-43-31(36-27)17-13-24-6-2-1-3-7-24/h1-3,5-7,9,11-19,21,23,30H,4,8,10,20,22H2. The summed E-state index contributed by atoms with van der Waals surface area (Å²) in [5.74, 6) is 1.84. The molecule has 0 N–H and O–H groups in total. The molecule has 4 heterocycles. The molecular weight excluding hydrogens is 562 g/mol. The van der Waals surface area contributed by atoms with Gasteiger partial charge in [-0.3, -0.25) is 4.79 Å². The average Bonchev–Trinajstić information content (AvgIpc) is 3.86. The number of carbonyl (C=O) groups is 2. The fourth-order valence-corrected chi connectivity index (χ4v) is 4.60. The van der Waals surface area contributed by atoms with Crippen molar-refractivity contribution in [2.24, 2.45) is 0 Å². The minimum atomic E-state index is -0.815. The molecule has 2 amide bonds. The summed E-state index contributed by atoms with van der Waals surface area (Å²) in [6.45, 7) is 0.263. The van der Waals surface area contributed by atoms with Gasteiger partial charge in [0.05, 0.1) is 18.5 Å². The van der Waals surface area contributed by atoms with Crippen molar-refractivity contribution in [2.75, 3.05) is 0 Å². The highest BCUT2D eigenvalue weighted by atomic mass is 16.6. The summed E-state index contributed by atoms with van der Waals surface area (Å²) < 4.78 is 27.3. The molecule has 3 aromatic heterocycles. The Bertz CT molecular complexity index is 1730. The molecule has 1 unspecified atom stereocenters. The topological polar surface area (TPSA) is 121 Å². The van der Waals surface area contributed by atoms with E-state index in [0.29, 0.717) is 47.5 Å². The third-order valence-electron chi connectivity index (χ3n) is 6.86. The molecule has 222 valence electrons. The van der Waals surface area contributed by atoms with E-state index in [1.165, 1.54) is 6.26 Å². The Morgan fingerprint density at radius 3 is 2.32 bits per heavy atom. The number of hydrogen-bond donors (Lipinski definition) is 0. The third-order valence-corrected chi connectivity index (χ3v) is 6.86. The summed E-state index contributed by atoms with van der Waals surface area (Å²) in [6, 6.07) is 21.2. The number of cyclic esters (lactones) is 1. The number of aromatic nitrogens is 2. The fraction of sp³-hybridized carbons (Fsp3) is 0.176. The Morgan fingerprint density at radius 2 is 1.55 bits per heavy atom. The Labute approximate surface area is 253 Å². The van der Waals surface area contributed by atoms with Crippen LogP contribution in [0.25, 0.3) is 24.3 Å². The van der Waals surface area contributed by atoms with E-state index in [1.54, 1.807) is 36.8 Å². The van der Waals surface area contributed by atoms with Crippen LogP contribution in [0.5, 0.6) is 5.75 Å². The van der Waals surface area contributed by atoms with Gasteiger partial charge in [0.25, 0.3) is 5.91 Å². The summed E-state index contributed by atoms with van der Waals surface area (Å²) in [4.78, 5) is 35.0. The lowest BCUT2D eigenvalue weighted by Gasteiger charge is -2.09. The van der Waals surface area contributed by atoms with Crippen molar-refractivity contribution < 1.29 is 32.3 Å². The average molecular weight is 592 g/mol. The van der Waals surface area contributed by atoms with Crippen LogP contribution >= 0.6 is 0 Å². The zero-order valence-electron chi connectivity index (χ0n) is 23.7. The smallest absolute Gasteiger partial charge is 0.417 e.